The van der Waals surface area contributed by atoms with E-state index in [4.69, 9.17) is 11.5 Å². The van der Waals surface area contributed by atoms with Crippen molar-refractivity contribution >= 4 is 11.8 Å². The van der Waals surface area contributed by atoms with Crippen LogP contribution in [0, 0.1) is 29.6 Å². The number of nitrogens with zero attached hydrogens (tertiary/aromatic N) is 2. The molecule has 1 aromatic heterocycles. The van der Waals surface area contributed by atoms with Crippen molar-refractivity contribution in [1.29, 1.82) is 0 Å². The van der Waals surface area contributed by atoms with Gasteiger partial charge in [-0.1, -0.05) is 24.6 Å². The monoisotopic (exact) mass is 422 g/mol. The molecule has 6 nitrogen and oxygen atoms in total. The second-order valence-corrected chi connectivity index (χ2v) is 10.3. The van der Waals surface area contributed by atoms with Crippen molar-refractivity contribution in [3.63, 3.8) is 0 Å². The van der Waals surface area contributed by atoms with Crippen molar-refractivity contribution in [2.45, 2.75) is 57.3 Å². The number of carbonyl (C=O) groups excluding carboxylic acids is 2. The third-order valence-electron chi connectivity index (χ3n) is 8.95. The smallest absolute Gasteiger partial charge is 0.229 e. The van der Waals surface area contributed by atoms with Crippen molar-refractivity contribution in [2.24, 2.45) is 34.1 Å². The lowest BCUT2D eigenvalue weighted by Gasteiger charge is -2.48. The number of likely N-dealkylation sites (tertiary alicyclic amines) is 1. The van der Waals surface area contributed by atoms with Gasteiger partial charge < -0.3 is 16.4 Å². The third kappa shape index (κ3) is 2.63. The third-order valence-corrected chi connectivity index (χ3v) is 8.95. The Hall–Kier alpha value is -2.21. The van der Waals surface area contributed by atoms with E-state index in [1.165, 1.54) is 12.8 Å². The molecule has 1 spiro atoms. The number of aromatic nitrogens is 1. The Morgan fingerprint density at radius 3 is 2.35 bits per heavy atom. The van der Waals surface area contributed by atoms with Crippen molar-refractivity contribution in [2.75, 3.05) is 19.6 Å². The molecular weight excluding hydrogens is 388 g/mol. The fourth-order valence-corrected chi connectivity index (χ4v) is 7.54. The molecule has 6 heteroatoms. The number of unbranched alkanes of at least 4 members (excludes halogenated alkanes) is 1. The number of aryl methyl sites for hydroxylation is 1. The van der Waals surface area contributed by atoms with E-state index in [1.54, 1.807) is 6.20 Å². The highest BCUT2D eigenvalue weighted by atomic mass is 16.2. The Bertz CT molecular complexity index is 916. The predicted octanol–water partition coefficient (Wildman–Crippen LogP) is 2.45. The average molecular weight is 423 g/mol. The summed E-state index contributed by atoms with van der Waals surface area (Å²) in [6.07, 6.45) is 13.1. The molecule has 0 radical (unpaired) electrons. The summed E-state index contributed by atoms with van der Waals surface area (Å²) in [5.74, 6) is -0.919. The molecule has 166 valence electrons. The van der Waals surface area contributed by atoms with Crippen LogP contribution in [0.5, 0.6) is 0 Å². The van der Waals surface area contributed by atoms with E-state index in [0.717, 1.165) is 56.6 Å². The van der Waals surface area contributed by atoms with E-state index in [0.29, 0.717) is 6.42 Å². The van der Waals surface area contributed by atoms with Crippen LogP contribution in [-0.4, -0.2) is 41.3 Å². The summed E-state index contributed by atoms with van der Waals surface area (Å²) in [5.41, 5.74) is 11.9. The van der Waals surface area contributed by atoms with E-state index >= 15 is 0 Å². The highest BCUT2D eigenvalue weighted by Crippen LogP contribution is 2.80. The van der Waals surface area contributed by atoms with Gasteiger partial charge in [0.25, 0.3) is 0 Å². The van der Waals surface area contributed by atoms with Crippen LogP contribution >= 0.6 is 0 Å². The zero-order valence-electron chi connectivity index (χ0n) is 18.5. The van der Waals surface area contributed by atoms with E-state index in [-0.39, 0.29) is 23.2 Å². The minimum Gasteiger partial charge on any atom is -0.369 e. The molecule has 3 aliphatic carbocycles. The standard InChI is InChI=1S/C25H34N4O2/c1-17-6-7-18(16-28-17)25(22(27)31)20-9-8-19(23(20)11-12-23)24(25,21(26)30)10-2-3-13-29-14-4-5-15-29/h6-9,16,19-20H,2-5,10-15H2,1H3,(H2,26,30)(H2,27,31)/t19-,20+,24+,25-/m1/s1. The van der Waals surface area contributed by atoms with E-state index < -0.39 is 16.7 Å². The molecule has 2 amide bonds. The number of hydrogen-bond acceptors (Lipinski definition) is 4. The highest BCUT2D eigenvalue weighted by molar-refractivity contribution is 5.99. The van der Waals surface area contributed by atoms with Gasteiger partial charge in [-0.05, 0) is 88.0 Å². The van der Waals surface area contributed by atoms with Gasteiger partial charge in [0.1, 0.15) is 0 Å². The molecular formula is C25H34N4O2. The van der Waals surface area contributed by atoms with Gasteiger partial charge in [0.05, 0.1) is 10.8 Å². The molecule has 2 heterocycles. The molecule has 3 fully saturated rings. The van der Waals surface area contributed by atoms with Crippen molar-refractivity contribution in [1.82, 2.24) is 9.88 Å². The summed E-state index contributed by atoms with van der Waals surface area (Å²) in [7, 11) is 0. The Morgan fingerprint density at radius 2 is 1.77 bits per heavy atom. The summed E-state index contributed by atoms with van der Waals surface area (Å²) >= 11 is 0. The number of hydrogen-bond donors (Lipinski definition) is 2. The van der Waals surface area contributed by atoms with Crippen LogP contribution < -0.4 is 11.5 Å². The Balaban J connectivity index is 1.56. The fourth-order valence-electron chi connectivity index (χ4n) is 7.54. The van der Waals surface area contributed by atoms with Gasteiger partial charge in [0.2, 0.25) is 11.8 Å². The SMILES string of the molecule is Cc1ccc([C@]2(C(N)=O)[C@H]3C=C[C@H](C34CC4)[C@@]2(CCCCN2CCCC2)C(N)=O)cn1. The largest absolute Gasteiger partial charge is 0.369 e. The second-order valence-electron chi connectivity index (χ2n) is 10.3. The lowest BCUT2D eigenvalue weighted by Crippen LogP contribution is -2.62. The van der Waals surface area contributed by atoms with Crippen LogP contribution in [0.25, 0.3) is 0 Å². The normalized spacial score (nSPS) is 35.1. The molecule has 2 saturated carbocycles. The maximum Gasteiger partial charge on any atom is 0.229 e. The molecule has 4 aliphatic rings. The van der Waals surface area contributed by atoms with Gasteiger partial charge in [-0.25, -0.2) is 0 Å². The quantitative estimate of drug-likeness (QED) is 0.496. The first-order valence-electron chi connectivity index (χ1n) is 11.8. The average Bonchev–Trinajstić information content (AvgIpc) is 3.11. The Kier molecular flexibility index (Phi) is 4.77. The Labute approximate surface area is 184 Å². The molecule has 31 heavy (non-hydrogen) atoms. The first-order valence-corrected chi connectivity index (χ1v) is 11.8. The Morgan fingerprint density at radius 1 is 1.06 bits per heavy atom. The van der Waals surface area contributed by atoms with Crippen molar-refractivity contribution in [3.05, 3.63) is 41.7 Å². The first-order chi connectivity index (χ1) is 14.9. The predicted molar refractivity (Wildman–Crippen MR) is 119 cm³/mol. The topological polar surface area (TPSA) is 102 Å². The highest BCUT2D eigenvalue weighted by Gasteiger charge is 2.82. The lowest BCUT2D eigenvalue weighted by atomic mass is 9.52. The number of rotatable bonds is 8. The van der Waals surface area contributed by atoms with E-state index in [9.17, 15) is 9.59 Å². The van der Waals surface area contributed by atoms with Gasteiger partial charge >= 0.3 is 0 Å². The van der Waals surface area contributed by atoms with Gasteiger partial charge in [-0.2, -0.15) is 0 Å². The molecule has 4 N–H and O–H groups in total. The van der Waals surface area contributed by atoms with Crippen molar-refractivity contribution < 1.29 is 9.59 Å². The summed E-state index contributed by atoms with van der Waals surface area (Å²) in [6, 6.07) is 3.86. The number of pyridine rings is 1. The van der Waals surface area contributed by atoms with Crippen LogP contribution in [-0.2, 0) is 15.0 Å². The van der Waals surface area contributed by atoms with Crippen LogP contribution in [0.15, 0.2) is 30.5 Å². The maximum absolute atomic E-state index is 13.4. The second kappa shape index (κ2) is 7.16. The van der Waals surface area contributed by atoms with Crippen LogP contribution in [0.3, 0.4) is 0 Å². The molecule has 0 unspecified atom stereocenters. The zero-order chi connectivity index (χ0) is 21.9. The molecule has 4 atom stereocenters. The number of amides is 2. The number of allylic oxidation sites excluding steroid dienone is 2. The van der Waals surface area contributed by atoms with E-state index in [2.05, 4.69) is 22.0 Å². The van der Waals surface area contributed by atoms with Gasteiger partial charge in [0, 0.05) is 17.8 Å². The first kappa shape index (κ1) is 20.7. The molecule has 1 saturated heterocycles. The zero-order valence-corrected chi connectivity index (χ0v) is 18.5. The van der Waals surface area contributed by atoms with Crippen LogP contribution in [0.2, 0.25) is 0 Å². The van der Waals surface area contributed by atoms with Crippen LogP contribution in [0.4, 0.5) is 0 Å². The van der Waals surface area contributed by atoms with Gasteiger partial charge in [-0.3, -0.25) is 14.6 Å². The minimum atomic E-state index is -1.12. The van der Waals surface area contributed by atoms with E-state index in [1.807, 2.05) is 19.1 Å². The maximum atomic E-state index is 13.4. The fraction of sp³-hybridized carbons (Fsp3) is 0.640. The lowest BCUT2D eigenvalue weighted by molar-refractivity contribution is -0.144. The summed E-state index contributed by atoms with van der Waals surface area (Å²) < 4.78 is 0. The summed E-state index contributed by atoms with van der Waals surface area (Å²) in [5, 5.41) is 0. The molecule has 2 bridgehead atoms. The number of nitrogens with two attached hydrogens (primary N) is 2. The summed E-state index contributed by atoms with van der Waals surface area (Å²) in [6.45, 7) is 5.29. The molecule has 0 aromatic carbocycles. The summed E-state index contributed by atoms with van der Waals surface area (Å²) in [4.78, 5) is 33.8. The van der Waals surface area contributed by atoms with Gasteiger partial charge in [-0.15, -0.1) is 0 Å². The van der Waals surface area contributed by atoms with Crippen molar-refractivity contribution in [3.8, 4) is 0 Å². The number of primary amides is 2. The molecule has 1 aliphatic heterocycles. The number of carbonyl (C=O) groups is 2. The molecule has 5 rings (SSSR count). The molecule has 1 aromatic rings. The van der Waals surface area contributed by atoms with Crippen LogP contribution in [0.1, 0.15) is 56.2 Å². The van der Waals surface area contributed by atoms with Gasteiger partial charge in [0.15, 0.2) is 0 Å². The minimum absolute atomic E-state index is 0.0249.